The highest BCUT2D eigenvalue weighted by atomic mass is 32.1. The van der Waals surface area contributed by atoms with Gasteiger partial charge < -0.3 is 0 Å². The summed E-state index contributed by atoms with van der Waals surface area (Å²) >= 11 is 1.86. The van der Waals surface area contributed by atoms with E-state index < -0.39 is 0 Å². The van der Waals surface area contributed by atoms with Gasteiger partial charge in [0.05, 0.1) is 0 Å². The fraction of sp³-hybridized carbons (Fsp3) is 0. The van der Waals surface area contributed by atoms with Gasteiger partial charge in [0.25, 0.3) is 0 Å². The van der Waals surface area contributed by atoms with E-state index in [1.165, 1.54) is 64.0 Å². The molecular formula is C53H33N3S. The molecule has 0 aliphatic heterocycles. The van der Waals surface area contributed by atoms with Gasteiger partial charge in [-0.05, 0) is 73.6 Å². The molecule has 11 rings (SSSR count). The Bertz CT molecular complexity index is 3230. The number of nitrogens with zero attached hydrogens (tertiary/aromatic N) is 3. The van der Waals surface area contributed by atoms with E-state index in [9.17, 15) is 0 Å². The zero-order valence-electron chi connectivity index (χ0n) is 30.8. The van der Waals surface area contributed by atoms with E-state index in [1.54, 1.807) is 0 Å². The van der Waals surface area contributed by atoms with Crippen LogP contribution in [0.1, 0.15) is 0 Å². The van der Waals surface area contributed by atoms with Crippen molar-refractivity contribution in [1.82, 2.24) is 15.0 Å². The number of hydrogen-bond acceptors (Lipinski definition) is 4. The highest BCUT2D eigenvalue weighted by molar-refractivity contribution is 7.26. The second-order valence-corrected chi connectivity index (χ2v) is 15.4. The van der Waals surface area contributed by atoms with Crippen molar-refractivity contribution in [1.29, 1.82) is 0 Å². The molecule has 2 aromatic heterocycles. The van der Waals surface area contributed by atoms with Crippen molar-refractivity contribution in [3.8, 4) is 67.5 Å². The first-order valence-electron chi connectivity index (χ1n) is 19.2. The third-order valence-corrected chi connectivity index (χ3v) is 12.1. The zero-order chi connectivity index (χ0) is 37.7. The minimum Gasteiger partial charge on any atom is -0.208 e. The summed E-state index contributed by atoms with van der Waals surface area (Å²) in [5.74, 6) is 1.93. The van der Waals surface area contributed by atoms with E-state index in [0.29, 0.717) is 17.5 Å². The largest absolute Gasteiger partial charge is 0.208 e. The Morgan fingerprint density at radius 1 is 0.281 bits per heavy atom. The monoisotopic (exact) mass is 743 g/mol. The molecule has 0 fully saturated rings. The predicted octanol–water partition coefficient (Wildman–Crippen LogP) is 14.5. The quantitative estimate of drug-likeness (QED) is 0.170. The first-order valence-corrected chi connectivity index (χ1v) is 20.0. The first kappa shape index (κ1) is 33.1. The molecule has 0 radical (unpaired) electrons. The van der Waals surface area contributed by atoms with Crippen LogP contribution in [0.15, 0.2) is 200 Å². The Morgan fingerprint density at radius 3 is 1.53 bits per heavy atom. The van der Waals surface area contributed by atoms with Crippen LogP contribution >= 0.6 is 11.3 Å². The molecule has 11 aromatic rings. The molecule has 0 atom stereocenters. The van der Waals surface area contributed by atoms with E-state index in [4.69, 9.17) is 15.0 Å². The van der Waals surface area contributed by atoms with Gasteiger partial charge in [0.15, 0.2) is 17.5 Å². The van der Waals surface area contributed by atoms with Crippen LogP contribution in [0.2, 0.25) is 0 Å². The molecule has 266 valence electrons. The zero-order valence-corrected chi connectivity index (χ0v) is 31.6. The molecule has 3 nitrogen and oxygen atoms in total. The number of hydrogen-bond donors (Lipinski definition) is 0. The van der Waals surface area contributed by atoms with Crippen LogP contribution in [-0.2, 0) is 0 Å². The average Bonchev–Trinajstić information content (AvgIpc) is 3.68. The van der Waals surface area contributed by atoms with Crippen LogP contribution in [0.3, 0.4) is 0 Å². The lowest BCUT2D eigenvalue weighted by molar-refractivity contribution is 1.07. The topological polar surface area (TPSA) is 38.7 Å². The van der Waals surface area contributed by atoms with Gasteiger partial charge in [0, 0.05) is 42.4 Å². The summed E-state index contributed by atoms with van der Waals surface area (Å²) in [5.41, 5.74) is 9.93. The maximum absolute atomic E-state index is 5.11. The summed E-state index contributed by atoms with van der Waals surface area (Å²) in [6.07, 6.45) is 0. The summed E-state index contributed by atoms with van der Waals surface area (Å²) < 4.78 is 2.57. The van der Waals surface area contributed by atoms with Gasteiger partial charge in [0.2, 0.25) is 0 Å². The number of rotatable bonds is 6. The molecule has 4 heteroatoms. The molecule has 0 N–H and O–H groups in total. The normalized spacial score (nSPS) is 11.5. The minimum absolute atomic E-state index is 0.635. The van der Waals surface area contributed by atoms with Crippen molar-refractivity contribution in [3.05, 3.63) is 200 Å². The van der Waals surface area contributed by atoms with Crippen LogP contribution in [0.5, 0.6) is 0 Å². The Kier molecular flexibility index (Phi) is 8.01. The van der Waals surface area contributed by atoms with E-state index in [1.807, 2.05) is 47.7 Å². The number of aromatic nitrogens is 3. The molecular weight excluding hydrogens is 711 g/mol. The fourth-order valence-electron chi connectivity index (χ4n) is 8.11. The summed E-state index contributed by atoms with van der Waals surface area (Å²) in [4.78, 5) is 15.2. The van der Waals surface area contributed by atoms with Crippen LogP contribution < -0.4 is 0 Å². The van der Waals surface area contributed by atoms with Crippen molar-refractivity contribution in [2.45, 2.75) is 0 Å². The Hall–Kier alpha value is -7.27. The lowest BCUT2D eigenvalue weighted by Gasteiger charge is -2.15. The van der Waals surface area contributed by atoms with Gasteiger partial charge in [-0.1, -0.05) is 176 Å². The van der Waals surface area contributed by atoms with E-state index in [0.717, 1.165) is 27.8 Å². The van der Waals surface area contributed by atoms with Gasteiger partial charge in [-0.15, -0.1) is 11.3 Å². The molecule has 9 aromatic carbocycles. The van der Waals surface area contributed by atoms with Crippen LogP contribution in [0.25, 0.3) is 109 Å². The van der Waals surface area contributed by atoms with Gasteiger partial charge >= 0.3 is 0 Å². The van der Waals surface area contributed by atoms with Crippen molar-refractivity contribution in [3.63, 3.8) is 0 Å². The molecule has 0 saturated carbocycles. The summed E-state index contributed by atoms with van der Waals surface area (Å²) in [6.45, 7) is 0. The molecule has 0 saturated heterocycles. The number of thiophene rings is 1. The van der Waals surface area contributed by atoms with Gasteiger partial charge in [-0.3, -0.25) is 0 Å². The van der Waals surface area contributed by atoms with Gasteiger partial charge in [0.1, 0.15) is 0 Å². The summed E-state index contributed by atoms with van der Waals surface area (Å²) in [7, 11) is 0. The third kappa shape index (κ3) is 5.95. The van der Waals surface area contributed by atoms with E-state index >= 15 is 0 Å². The predicted molar refractivity (Wildman–Crippen MR) is 240 cm³/mol. The molecule has 0 aliphatic rings. The van der Waals surface area contributed by atoms with Crippen LogP contribution in [0.4, 0.5) is 0 Å². The van der Waals surface area contributed by atoms with Crippen LogP contribution in [-0.4, -0.2) is 15.0 Å². The SMILES string of the molecule is c1ccc(-c2nc(-c3ccccc3)nc(-c3ccc(-c4cccc5c4sc4ccccc45)c(-c4ccc5cc(-c6cccc7ccccc67)ccc5c4)c3)n2)cc1. The van der Waals surface area contributed by atoms with Crippen molar-refractivity contribution < 1.29 is 0 Å². The van der Waals surface area contributed by atoms with Crippen molar-refractivity contribution in [2.75, 3.05) is 0 Å². The van der Waals surface area contributed by atoms with Crippen LogP contribution in [0, 0.1) is 0 Å². The maximum atomic E-state index is 5.11. The third-order valence-electron chi connectivity index (χ3n) is 10.9. The highest BCUT2D eigenvalue weighted by Crippen LogP contribution is 2.44. The number of benzene rings is 9. The maximum Gasteiger partial charge on any atom is 0.164 e. The molecule has 0 spiro atoms. The second-order valence-electron chi connectivity index (χ2n) is 14.4. The molecule has 0 amide bonds. The Balaban J connectivity index is 1.11. The van der Waals surface area contributed by atoms with Gasteiger partial charge in [-0.25, -0.2) is 15.0 Å². The van der Waals surface area contributed by atoms with Gasteiger partial charge in [-0.2, -0.15) is 0 Å². The average molecular weight is 744 g/mol. The highest BCUT2D eigenvalue weighted by Gasteiger charge is 2.18. The fourth-order valence-corrected chi connectivity index (χ4v) is 9.34. The lowest BCUT2D eigenvalue weighted by Crippen LogP contribution is -2.00. The summed E-state index contributed by atoms with van der Waals surface area (Å²) in [6, 6.07) is 71.3. The van der Waals surface area contributed by atoms with Crippen molar-refractivity contribution in [2.24, 2.45) is 0 Å². The van der Waals surface area contributed by atoms with Crippen molar-refractivity contribution >= 4 is 53.1 Å². The molecule has 2 heterocycles. The van der Waals surface area contributed by atoms with E-state index in [2.05, 4.69) is 164 Å². The molecule has 0 unspecified atom stereocenters. The Labute approximate surface area is 334 Å². The summed E-state index contributed by atoms with van der Waals surface area (Å²) in [5, 5.41) is 7.46. The lowest BCUT2D eigenvalue weighted by atomic mass is 9.90. The standard InChI is InChI=1S/C53H33N3S/c1-3-14-35(15-4-1)51-54-52(36-16-5-2-6-17-36)56-53(55-51)41-29-30-44(46-22-12-23-47-45-20-9-10-24-49(45)57-50(46)47)48(33-41)40-28-26-37-31-39(27-25-38(37)32-40)43-21-11-18-34-13-7-8-19-42(34)43/h1-33H. The first-order chi connectivity index (χ1) is 28.2. The second kappa shape index (κ2) is 13.8. The van der Waals surface area contributed by atoms with E-state index in [-0.39, 0.29) is 0 Å². The number of fused-ring (bicyclic) bond motifs is 5. The molecule has 57 heavy (non-hydrogen) atoms. The smallest absolute Gasteiger partial charge is 0.164 e. The molecule has 0 bridgehead atoms. The Morgan fingerprint density at radius 2 is 0.807 bits per heavy atom. The molecule has 0 aliphatic carbocycles. The minimum atomic E-state index is 0.635.